The lowest BCUT2D eigenvalue weighted by molar-refractivity contribution is -0.125. The van der Waals surface area contributed by atoms with Crippen molar-refractivity contribution in [3.8, 4) is 6.19 Å². The predicted octanol–water partition coefficient (Wildman–Crippen LogP) is 3.02. The maximum atomic E-state index is 12.9. The highest BCUT2D eigenvalue weighted by Gasteiger charge is 2.56. The maximum absolute atomic E-state index is 12.9. The van der Waals surface area contributed by atoms with Crippen LogP contribution in [-0.4, -0.2) is 41.5 Å². The molecule has 4 aliphatic rings. The van der Waals surface area contributed by atoms with Crippen molar-refractivity contribution in [3.63, 3.8) is 0 Å². The van der Waals surface area contributed by atoms with E-state index in [0.29, 0.717) is 34.6 Å². The van der Waals surface area contributed by atoms with Crippen LogP contribution in [0.4, 0.5) is 5.69 Å². The van der Waals surface area contributed by atoms with E-state index < -0.39 is 0 Å². The molecule has 0 spiro atoms. The summed E-state index contributed by atoms with van der Waals surface area (Å²) in [7, 11) is 0. The molecule has 7 heteroatoms. The van der Waals surface area contributed by atoms with Crippen molar-refractivity contribution in [1.82, 2.24) is 10.2 Å². The highest BCUT2D eigenvalue weighted by molar-refractivity contribution is 6.35. The molecule has 26 heavy (non-hydrogen) atoms. The topological polar surface area (TPSA) is 59.4 Å². The summed E-state index contributed by atoms with van der Waals surface area (Å²) in [5, 5.41) is 13.8. The Labute approximate surface area is 162 Å². The largest absolute Gasteiger partial charge is 0.367 e. The van der Waals surface area contributed by atoms with Gasteiger partial charge in [-0.1, -0.05) is 23.2 Å². The molecule has 0 radical (unpaired) electrons. The van der Waals surface area contributed by atoms with Crippen LogP contribution in [0.3, 0.4) is 0 Å². The molecule has 1 N–H and O–H groups in total. The number of nitriles is 1. The Bertz CT molecular complexity index is 789. The average molecular weight is 391 g/mol. The van der Waals surface area contributed by atoms with Crippen molar-refractivity contribution in [2.24, 2.45) is 11.8 Å². The van der Waals surface area contributed by atoms with Crippen molar-refractivity contribution in [2.45, 2.75) is 49.9 Å². The molecule has 2 bridgehead atoms. The predicted molar refractivity (Wildman–Crippen MR) is 100 cm³/mol. The van der Waals surface area contributed by atoms with E-state index in [1.165, 1.54) is 0 Å². The van der Waals surface area contributed by atoms with Gasteiger partial charge in [0.05, 0.1) is 18.0 Å². The van der Waals surface area contributed by atoms with E-state index in [-0.39, 0.29) is 23.9 Å². The normalized spacial score (nSPS) is 36.8. The Hall–Kier alpha value is -1.64. The molecule has 136 valence electrons. The molecule has 1 amide bonds. The Morgan fingerprint density at radius 1 is 1.15 bits per heavy atom. The number of carbonyl (C=O) groups is 1. The fraction of sp³-hybridized carbons (Fsp3) is 0.579. The van der Waals surface area contributed by atoms with Crippen LogP contribution in [0.15, 0.2) is 18.2 Å². The van der Waals surface area contributed by atoms with Gasteiger partial charge in [-0.05, 0) is 49.8 Å². The third-order valence-electron chi connectivity index (χ3n) is 6.61. The lowest BCUT2D eigenvalue weighted by Crippen LogP contribution is -2.46. The monoisotopic (exact) mass is 390 g/mol. The number of amides is 1. The van der Waals surface area contributed by atoms with E-state index in [9.17, 15) is 10.1 Å². The van der Waals surface area contributed by atoms with E-state index in [1.54, 1.807) is 6.07 Å². The number of rotatable bonds is 3. The highest BCUT2D eigenvalue weighted by atomic mass is 35.5. The molecule has 4 fully saturated rings. The van der Waals surface area contributed by atoms with Crippen LogP contribution in [0.2, 0.25) is 10.0 Å². The molecule has 1 aromatic rings. The number of carbonyl (C=O) groups excluding carboxylic acids is 1. The molecule has 3 aliphatic heterocycles. The summed E-state index contributed by atoms with van der Waals surface area (Å²) in [4.78, 5) is 17.1. The minimum atomic E-state index is 0.00687. The lowest BCUT2D eigenvalue weighted by Gasteiger charge is -2.26. The van der Waals surface area contributed by atoms with Crippen LogP contribution in [0.5, 0.6) is 0 Å². The number of anilines is 1. The van der Waals surface area contributed by atoms with Crippen molar-refractivity contribution in [3.05, 3.63) is 28.2 Å². The van der Waals surface area contributed by atoms with E-state index in [1.807, 2.05) is 17.0 Å². The van der Waals surface area contributed by atoms with E-state index in [4.69, 9.17) is 23.2 Å². The Morgan fingerprint density at radius 2 is 1.92 bits per heavy atom. The molecule has 3 saturated heterocycles. The fourth-order valence-electron chi connectivity index (χ4n) is 5.34. The second-order valence-electron chi connectivity index (χ2n) is 8.01. The number of hydrogen-bond donors (Lipinski definition) is 1. The summed E-state index contributed by atoms with van der Waals surface area (Å²) in [5.41, 5.74) is 1.00. The summed E-state index contributed by atoms with van der Waals surface area (Å²) < 4.78 is 0. The van der Waals surface area contributed by atoms with E-state index in [0.717, 1.165) is 31.4 Å². The minimum absolute atomic E-state index is 0.00687. The second kappa shape index (κ2) is 5.94. The standard InChI is InChI=1S/C19H20Cl2N4O/c20-10-3-11(21)5-13(4-10)24-8-15(14-7-18(14)24)19(26)23-16-6-12-1-2-17(16)25(12)9-22/h3-5,12,14-18H,1-2,6-8H2,(H,23,26)/t12-,14+,15+,16+,17+,18+/m0/s1. The first kappa shape index (κ1) is 16.5. The third-order valence-corrected chi connectivity index (χ3v) is 7.05. The molecule has 3 heterocycles. The minimum Gasteiger partial charge on any atom is -0.367 e. The van der Waals surface area contributed by atoms with Crippen LogP contribution < -0.4 is 10.2 Å². The van der Waals surface area contributed by atoms with Crippen molar-refractivity contribution >= 4 is 34.8 Å². The zero-order valence-corrected chi connectivity index (χ0v) is 15.7. The smallest absolute Gasteiger partial charge is 0.225 e. The molecular formula is C19H20Cl2N4O. The van der Waals surface area contributed by atoms with Gasteiger partial charge in [0.15, 0.2) is 6.19 Å². The van der Waals surface area contributed by atoms with Crippen LogP contribution in [0.1, 0.15) is 25.7 Å². The number of hydrogen-bond acceptors (Lipinski definition) is 4. The van der Waals surface area contributed by atoms with E-state index in [2.05, 4.69) is 16.4 Å². The van der Waals surface area contributed by atoms with Crippen molar-refractivity contribution in [1.29, 1.82) is 5.26 Å². The second-order valence-corrected chi connectivity index (χ2v) is 8.88. The number of benzene rings is 1. The number of nitrogens with one attached hydrogen (secondary N) is 1. The zero-order chi connectivity index (χ0) is 18.0. The Morgan fingerprint density at radius 3 is 2.62 bits per heavy atom. The first-order valence-electron chi connectivity index (χ1n) is 9.26. The van der Waals surface area contributed by atoms with Crippen LogP contribution >= 0.6 is 23.2 Å². The number of piperidine rings is 1. The van der Waals surface area contributed by atoms with Gasteiger partial charge in [-0.25, -0.2) is 0 Å². The summed E-state index contributed by atoms with van der Waals surface area (Å²) in [6.07, 6.45) is 6.33. The molecular weight excluding hydrogens is 371 g/mol. The number of halogens is 2. The zero-order valence-electron chi connectivity index (χ0n) is 14.2. The van der Waals surface area contributed by atoms with Gasteiger partial charge in [-0.2, -0.15) is 5.26 Å². The molecule has 5 rings (SSSR count). The first-order valence-corrected chi connectivity index (χ1v) is 10.0. The number of nitrogens with zero attached hydrogens (tertiary/aromatic N) is 3. The molecule has 0 aromatic heterocycles. The summed E-state index contributed by atoms with van der Waals surface area (Å²) >= 11 is 12.3. The summed E-state index contributed by atoms with van der Waals surface area (Å²) in [5.74, 6) is 0.564. The van der Waals surface area contributed by atoms with Crippen LogP contribution in [0.25, 0.3) is 0 Å². The SMILES string of the molecule is N#CN1[C@H]2CC[C@@H]1[C@H](NC(=O)[C@@H]1CN(c3cc(Cl)cc(Cl)c3)[C@@H]3C[C@@H]31)C2. The number of fused-ring (bicyclic) bond motifs is 3. The molecule has 6 atom stereocenters. The first-order chi connectivity index (χ1) is 12.5. The van der Waals surface area contributed by atoms with Gasteiger partial charge in [0, 0.05) is 34.4 Å². The summed E-state index contributed by atoms with van der Waals surface area (Å²) in [6, 6.07) is 6.61. The average Bonchev–Trinajstić information content (AvgIpc) is 2.99. The highest BCUT2D eigenvalue weighted by Crippen LogP contribution is 2.50. The Kier molecular flexibility index (Phi) is 3.77. The molecule has 1 aliphatic carbocycles. The van der Waals surface area contributed by atoms with Crippen molar-refractivity contribution in [2.75, 3.05) is 11.4 Å². The van der Waals surface area contributed by atoms with Gasteiger partial charge in [0.25, 0.3) is 0 Å². The quantitative estimate of drug-likeness (QED) is 0.805. The fourth-order valence-corrected chi connectivity index (χ4v) is 5.86. The van der Waals surface area contributed by atoms with Gasteiger partial charge in [-0.3, -0.25) is 4.79 Å². The maximum Gasteiger partial charge on any atom is 0.225 e. The van der Waals surface area contributed by atoms with Gasteiger partial charge < -0.3 is 15.1 Å². The van der Waals surface area contributed by atoms with Gasteiger partial charge >= 0.3 is 0 Å². The molecule has 0 unspecified atom stereocenters. The van der Waals surface area contributed by atoms with Gasteiger partial charge in [-0.15, -0.1) is 0 Å². The van der Waals surface area contributed by atoms with E-state index >= 15 is 0 Å². The summed E-state index contributed by atoms with van der Waals surface area (Å²) in [6.45, 7) is 0.709. The molecule has 1 aromatic carbocycles. The van der Waals surface area contributed by atoms with Crippen LogP contribution in [-0.2, 0) is 4.79 Å². The molecule has 5 nitrogen and oxygen atoms in total. The lowest BCUT2D eigenvalue weighted by atomic mass is 9.94. The molecule has 1 saturated carbocycles. The third kappa shape index (κ3) is 2.54. The van der Waals surface area contributed by atoms with Crippen LogP contribution in [0, 0.1) is 23.3 Å². The van der Waals surface area contributed by atoms with Gasteiger partial charge in [0.2, 0.25) is 5.91 Å². The Balaban J connectivity index is 1.27. The van der Waals surface area contributed by atoms with Crippen molar-refractivity contribution < 1.29 is 4.79 Å². The van der Waals surface area contributed by atoms with Gasteiger partial charge in [0.1, 0.15) is 0 Å².